The number of pyridine rings is 1. The Kier molecular flexibility index (Phi) is 3.36. The van der Waals surface area contributed by atoms with Crippen LogP contribution in [0.2, 0.25) is 0 Å². The third kappa shape index (κ3) is 2.10. The fourth-order valence-electron chi connectivity index (χ4n) is 2.27. The van der Waals surface area contributed by atoms with Crippen LogP contribution in [0.5, 0.6) is 0 Å². The molecule has 96 valence electrons. The summed E-state index contributed by atoms with van der Waals surface area (Å²) < 4.78 is 2.03. The highest BCUT2D eigenvalue weighted by atomic mass is 15.3. The molecule has 0 bridgehead atoms. The highest BCUT2D eigenvalue weighted by molar-refractivity contribution is 5.76. The van der Waals surface area contributed by atoms with E-state index in [0.717, 1.165) is 46.9 Å². The second kappa shape index (κ2) is 4.80. The van der Waals surface area contributed by atoms with Crippen LogP contribution in [0.1, 0.15) is 30.3 Å². The summed E-state index contributed by atoms with van der Waals surface area (Å²) in [6, 6.07) is 1.96. The van der Waals surface area contributed by atoms with Gasteiger partial charge < -0.3 is 5.73 Å². The molecule has 2 aromatic rings. The maximum atomic E-state index is 6.07. The van der Waals surface area contributed by atoms with E-state index in [2.05, 4.69) is 23.9 Å². The molecule has 0 aliphatic heterocycles. The van der Waals surface area contributed by atoms with Gasteiger partial charge in [0.25, 0.3) is 0 Å². The van der Waals surface area contributed by atoms with Crippen LogP contribution < -0.4 is 5.73 Å². The average molecular weight is 244 g/mol. The number of nitrogen functional groups attached to an aromatic ring is 1. The summed E-state index contributed by atoms with van der Waals surface area (Å²) >= 11 is 0. The van der Waals surface area contributed by atoms with E-state index in [1.807, 2.05) is 30.8 Å². The molecule has 2 heterocycles. The second-order valence-corrected chi connectivity index (χ2v) is 4.72. The summed E-state index contributed by atoms with van der Waals surface area (Å²) in [6.07, 6.45) is 2.92. The van der Waals surface area contributed by atoms with Gasteiger partial charge >= 0.3 is 0 Å². The molecule has 2 rings (SSSR count). The number of hydrogen-bond donors (Lipinski definition) is 1. The molecule has 0 saturated heterocycles. The average Bonchev–Trinajstić information content (AvgIpc) is 2.56. The Hall–Kier alpha value is -1.84. The van der Waals surface area contributed by atoms with E-state index < -0.39 is 0 Å². The first-order valence-corrected chi connectivity index (χ1v) is 6.31. The van der Waals surface area contributed by atoms with Crippen LogP contribution >= 0.6 is 0 Å². The van der Waals surface area contributed by atoms with Crippen LogP contribution in [-0.2, 0) is 6.54 Å². The minimum absolute atomic E-state index is 0.720. The minimum atomic E-state index is 0.720. The van der Waals surface area contributed by atoms with Crippen molar-refractivity contribution in [2.45, 2.75) is 40.7 Å². The van der Waals surface area contributed by atoms with Gasteiger partial charge in [-0.1, -0.05) is 6.92 Å². The largest absolute Gasteiger partial charge is 0.397 e. The molecule has 0 aromatic carbocycles. The zero-order valence-corrected chi connectivity index (χ0v) is 11.5. The molecule has 0 saturated carbocycles. The van der Waals surface area contributed by atoms with Gasteiger partial charge in [-0.15, -0.1) is 0 Å². The molecule has 0 radical (unpaired) electrons. The van der Waals surface area contributed by atoms with Gasteiger partial charge in [0.15, 0.2) is 0 Å². The first-order chi connectivity index (χ1) is 8.54. The number of anilines is 1. The fourth-order valence-corrected chi connectivity index (χ4v) is 2.27. The summed E-state index contributed by atoms with van der Waals surface area (Å²) in [5.41, 5.74) is 11.9. The Bertz CT molecular complexity index is 569. The summed E-state index contributed by atoms with van der Waals surface area (Å²) in [6.45, 7) is 9.15. The number of aromatic nitrogens is 3. The topological polar surface area (TPSA) is 56.7 Å². The molecule has 2 N–H and O–H groups in total. The number of aryl methyl sites for hydroxylation is 3. The standard InChI is InChI=1S/C14H20N4/c1-5-6-18-11(4)13(10(3)17-18)14-12(15)7-9(2)8-16-14/h7-8H,5-6,15H2,1-4H3. The van der Waals surface area contributed by atoms with Crippen LogP contribution in [0.25, 0.3) is 11.3 Å². The number of hydrogen-bond acceptors (Lipinski definition) is 3. The van der Waals surface area contributed by atoms with E-state index in [4.69, 9.17) is 5.73 Å². The van der Waals surface area contributed by atoms with Crippen molar-refractivity contribution >= 4 is 5.69 Å². The molecule has 18 heavy (non-hydrogen) atoms. The van der Waals surface area contributed by atoms with E-state index in [1.165, 1.54) is 0 Å². The van der Waals surface area contributed by atoms with Gasteiger partial charge in [0.05, 0.1) is 17.1 Å². The predicted octanol–water partition coefficient (Wildman–Crippen LogP) is 2.86. The maximum Gasteiger partial charge on any atom is 0.0968 e. The lowest BCUT2D eigenvalue weighted by molar-refractivity contribution is 0.583. The van der Waals surface area contributed by atoms with E-state index >= 15 is 0 Å². The summed E-state index contributed by atoms with van der Waals surface area (Å²) in [4.78, 5) is 4.46. The van der Waals surface area contributed by atoms with Crippen LogP contribution in [-0.4, -0.2) is 14.8 Å². The molecule has 0 atom stereocenters. The van der Waals surface area contributed by atoms with Gasteiger partial charge in [-0.05, 0) is 38.8 Å². The van der Waals surface area contributed by atoms with E-state index in [9.17, 15) is 0 Å². The quantitative estimate of drug-likeness (QED) is 0.903. The van der Waals surface area contributed by atoms with Crippen LogP contribution in [0.15, 0.2) is 12.3 Å². The summed E-state index contributed by atoms with van der Waals surface area (Å²) in [7, 11) is 0. The maximum absolute atomic E-state index is 6.07. The highest BCUT2D eigenvalue weighted by Crippen LogP contribution is 2.30. The Morgan fingerprint density at radius 2 is 2.00 bits per heavy atom. The predicted molar refractivity (Wildman–Crippen MR) is 74.4 cm³/mol. The van der Waals surface area contributed by atoms with Crippen molar-refractivity contribution < 1.29 is 0 Å². The molecule has 2 aromatic heterocycles. The molecule has 4 nitrogen and oxygen atoms in total. The summed E-state index contributed by atoms with van der Waals surface area (Å²) in [5, 5.41) is 4.56. The van der Waals surface area contributed by atoms with Crippen molar-refractivity contribution in [2.24, 2.45) is 0 Å². The van der Waals surface area contributed by atoms with Crippen molar-refractivity contribution in [3.05, 3.63) is 29.2 Å². The van der Waals surface area contributed by atoms with Crippen molar-refractivity contribution in [3.8, 4) is 11.3 Å². The van der Waals surface area contributed by atoms with Crippen LogP contribution in [0.3, 0.4) is 0 Å². The van der Waals surface area contributed by atoms with Crippen molar-refractivity contribution in [3.63, 3.8) is 0 Å². The van der Waals surface area contributed by atoms with E-state index in [-0.39, 0.29) is 0 Å². The zero-order valence-electron chi connectivity index (χ0n) is 11.5. The molecular formula is C14H20N4. The number of nitrogens with zero attached hydrogens (tertiary/aromatic N) is 3. The highest BCUT2D eigenvalue weighted by Gasteiger charge is 2.16. The normalized spacial score (nSPS) is 10.9. The third-order valence-corrected chi connectivity index (χ3v) is 3.11. The molecular weight excluding hydrogens is 224 g/mol. The van der Waals surface area contributed by atoms with Gasteiger partial charge in [0.2, 0.25) is 0 Å². The molecule has 0 unspecified atom stereocenters. The molecule has 0 aliphatic carbocycles. The molecule has 0 fully saturated rings. The Labute approximate surface area is 108 Å². The lowest BCUT2D eigenvalue weighted by Crippen LogP contribution is -2.01. The zero-order chi connectivity index (χ0) is 13.3. The van der Waals surface area contributed by atoms with Gasteiger partial charge in [-0.2, -0.15) is 5.10 Å². The fraction of sp³-hybridized carbons (Fsp3) is 0.429. The smallest absolute Gasteiger partial charge is 0.0968 e. The summed E-state index contributed by atoms with van der Waals surface area (Å²) in [5.74, 6) is 0. The third-order valence-electron chi connectivity index (χ3n) is 3.11. The lowest BCUT2D eigenvalue weighted by atomic mass is 10.1. The SMILES string of the molecule is CCCn1nc(C)c(-c2ncc(C)cc2N)c1C. The Morgan fingerprint density at radius 3 is 2.61 bits per heavy atom. The molecule has 4 heteroatoms. The second-order valence-electron chi connectivity index (χ2n) is 4.72. The molecule has 0 spiro atoms. The first-order valence-electron chi connectivity index (χ1n) is 6.31. The molecule has 0 amide bonds. The van der Waals surface area contributed by atoms with E-state index in [0.29, 0.717) is 0 Å². The minimum Gasteiger partial charge on any atom is -0.397 e. The van der Waals surface area contributed by atoms with Crippen molar-refractivity contribution in [2.75, 3.05) is 5.73 Å². The van der Waals surface area contributed by atoms with Gasteiger partial charge in [-0.25, -0.2) is 0 Å². The van der Waals surface area contributed by atoms with Crippen molar-refractivity contribution in [1.82, 2.24) is 14.8 Å². The van der Waals surface area contributed by atoms with Crippen molar-refractivity contribution in [1.29, 1.82) is 0 Å². The van der Waals surface area contributed by atoms with Gasteiger partial charge in [-0.3, -0.25) is 9.67 Å². The monoisotopic (exact) mass is 244 g/mol. The van der Waals surface area contributed by atoms with E-state index in [1.54, 1.807) is 0 Å². The Balaban J connectivity index is 2.56. The van der Waals surface area contributed by atoms with Crippen LogP contribution in [0.4, 0.5) is 5.69 Å². The lowest BCUT2D eigenvalue weighted by Gasteiger charge is -2.07. The van der Waals surface area contributed by atoms with Gasteiger partial charge in [0.1, 0.15) is 0 Å². The number of rotatable bonds is 3. The molecule has 0 aliphatic rings. The first kappa shape index (κ1) is 12.6. The number of nitrogens with two attached hydrogens (primary N) is 1. The Morgan fingerprint density at radius 1 is 1.28 bits per heavy atom. The van der Waals surface area contributed by atoms with Gasteiger partial charge in [0, 0.05) is 24.0 Å². The van der Waals surface area contributed by atoms with Crippen LogP contribution in [0, 0.1) is 20.8 Å².